The first-order chi connectivity index (χ1) is 12.0. The number of carbonyl (C=O) groups is 2. The molecular formula is C19H25NO5. The zero-order valence-corrected chi connectivity index (χ0v) is 14.7. The summed E-state index contributed by atoms with van der Waals surface area (Å²) < 4.78 is 10.5. The number of benzene rings is 1. The van der Waals surface area contributed by atoms with Crippen LogP contribution in [-0.2, 0) is 16.1 Å². The summed E-state index contributed by atoms with van der Waals surface area (Å²) >= 11 is 0. The maximum atomic E-state index is 12.7. The number of amides is 1. The number of hydrogen-bond acceptors (Lipinski definition) is 4. The smallest absolute Gasteiger partial charge is 0.307 e. The molecule has 6 nitrogen and oxygen atoms in total. The van der Waals surface area contributed by atoms with Gasteiger partial charge in [-0.15, -0.1) is 0 Å². The maximum absolute atomic E-state index is 12.7. The van der Waals surface area contributed by atoms with Gasteiger partial charge in [0.05, 0.1) is 26.1 Å². The topological polar surface area (TPSA) is 84.9 Å². The number of rotatable bonds is 6. The molecule has 1 amide bonds. The summed E-state index contributed by atoms with van der Waals surface area (Å²) in [5.41, 5.74) is 0.888. The Kier molecular flexibility index (Phi) is 5.16. The summed E-state index contributed by atoms with van der Waals surface area (Å²) in [6, 6.07) is 5.48. The van der Waals surface area contributed by atoms with E-state index in [2.05, 4.69) is 5.32 Å². The van der Waals surface area contributed by atoms with Crippen LogP contribution < -0.4 is 14.8 Å². The summed E-state index contributed by atoms with van der Waals surface area (Å²) in [5, 5.41) is 12.5. The third-order valence-corrected chi connectivity index (χ3v) is 5.72. The van der Waals surface area contributed by atoms with Gasteiger partial charge in [0.2, 0.25) is 5.91 Å². The van der Waals surface area contributed by atoms with Crippen molar-refractivity contribution < 1.29 is 24.2 Å². The second-order valence-electron chi connectivity index (χ2n) is 6.97. The fourth-order valence-electron chi connectivity index (χ4n) is 4.48. The zero-order valence-electron chi connectivity index (χ0n) is 14.7. The molecule has 0 saturated heterocycles. The largest absolute Gasteiger partial charge is 0.493 e. The Labute approximate surface area is 147 Å². The second-order valence-corrected chi connectivity index (χ2v) is 6.97. The van der Waals surface area contributed by atoms with Gasteiger partial charge in [-0.3, -0.25) is 9.59 Å². The summed E-state index contributed by atoms with van der Waals surface area (Å²) in [5.74, 6) is -0.362. The average Bonchev–Trinajstić information content (AvgIpc) is 2.65. The maximum Gasteiger partial charge on any atom is 0.307 e. The van der Waals surface area contributed by atoms with Gasteiger partial charge in [0.1, 0.15) is 0 Å². The van der Waals surface area contributed by atoms with Gasteiger partial charge in [-0.1, -0.05) is 6.07 Å². The molecule has 2 N–H and O–H groups in total. The molecule has 1 aromatic carbocycles. The molecule has 3 saturated carbocycles. The van der Waals surface area contributed by atoms with Gasteiger partial charge in [0, 0.05) is 6.54 Å². The molecular weight excluding hydrogens is 322 g/mol. The number of ether oxygens (including phenoxy) is 2. The van der Waals surface area contributed by atoms with E-state index in [-0.39, 0.29) is 17.7 Å². The number of carbonyl (C=O) groups excluding carboxylic acids is 1. The molecule has 3 fully saturated rings. The van der Waals surface area contributed by atoms with Crippen LogP contribution in [0.3, 0.4) is 0 Å². The molecule has 0 spiro atoms. The summed E-state index contributed by atoms with van der Waals surface area (Å²) in [6.07, 6.45) is 3.79. The minimum absolute atomic E-state index is 0.138. The minimum Gasteiger partial charge on any atom is -0.493 e. The highest BCUT2D eigenvalue weighted by molar-refractivity contribution is 5.85. The van der Waals surface area contributed by atoms with E-state index < -0.39 is 17.8 Å². The van der Waals surface area contributed by atoms with Crippen molar-refractivity contribution in [1.29, 1.82) is 0 Å². The van der Waals surface area contributed by atoms with Crippen molar-refractivity contribution in [3.63, 3.8) is 0 Å². The lowest BCUT2D eigenvalue weighted by atomic mass is 9.58. The molecule has 1 aromatic rings. The van der Waals surface area contributed by atoms with E-state index in [0.29, 0.717) is 18.0 Å². The number of hydrogen-bond donors (Lipinski definition) is 2. The molecule has 0 heterocycles. The summed E-state index contributed by atoms with van der Waals surface area (Å²) in [6.45, 7) is 0.347. The highest BCUT2D eigenvalue weighted by Gasteiger charge is 2.50. The first-order valence-corrected chi connectivity index (χ1v) is 8.76. The Morgan fingerprint density at radius 3 is 2.20 bits per heavy atom. The van der Waals surface area contributed by atoms with Gasteiger partial charge in [-0.25, -0.2) is 0 Å². The normalized spacial score (nSPS) is 27.6. The lowest BCUT2D eigenvalue weighted by Gasteiger charge is -2.45. The van der Waals surface area contributed by atoms with Crippen LogP contribution >= 0.6 is 0 Å². The first-order valence-electron chi connectivity index (χ1n) is 8.76. The molecule has 0 unspecified atom stereocenters. The molecule has 0 aromatic heterocycles. The third-order valence-electron chi connectivity index (χ3n) is 5.72. The van der Waals surface area contributed by atoms with Crippen molar-refractivity contribution in [2.75, 3.05) is 14.2 Å². The number of aliphatic carboxylic acids is 1. The minimum atomic E-state index is -0.833. The van der Waals surface area contributed by atoms with E-state index in [9.17, 15) is 14.7 Å². The summed E-state index contributed by atoms with van der Waals surface area (Å²) in [7, 11) is 3.14. The molecule has 3 aliphatic rings. The van der Waals surface area contributed by atoms with Crippen LogP contribution in [0.1, 0.15) is 31.2 Å². The SMILES string of the molecule is COc1ccc(CNC(=O)[C@H]2C3CCC(CC3)[C@@H]2C(=O)O)cc1OC. The Morgan fingerprint density at radius 1 is 1.04 bits per heavy atom. The number of nitrogens with one attached hydrogen (secondary N) is 1. The third kappa shape index (κ3) is 3.43. The van der Waals surface area contributed by atoms with Gasteiger partial charge < -0.3 is 19.9 Å². The number of methoxy groups -OCH3 is 2. The Hall–Kier alpha value is -2.24. The Balaban J connectivity index is 1.68. The lowest BCUT2D eigenvalue weighted by Crippen LogP contribution is -2.50. The van der Waals surface area contributed by atoms with Gasteiger partial charge in [0.25, 0.3) is 0 Å². The molecule has 2 atom stereocenters. The van der Waals surface area contributed by atoms with E-state index in [1.165, 1.54) is 0 Å². The highest BCUT2D eigenvalue weighted by Crippen LogP contribution is 2.49. The van der Waals surface area contributed by atoms with Crippen molar-refractivity contribution >= 4 is 11.9 Å². The molecule has 136 valence electrons. The predicted molar refractivity (Wildman–Crippen MR) is 91.5 cm³/mol. The van der Waals surface area contributed by atoms with E-state index in [1.807, 2.05) is 12.1 Å². The monoisotopic (exact) mass is 347 g/mol. The van der Waals surface area contributed by atoms with Crippen molar-refractivity contribution in [2.45, 2.75) is 32.2 Å². The van der Waals surface area contributed by atoms with Crippen LogP contribution in [-0.4, -0.2) is 31.2 Å². The van der Waals surface area contributed by atoms with Crippen molar-refractivity contribution in [3.05, 3.63) is 23.8 Å². The number of carboxylic acids is 1. The standard InChI is InChI=1S/C19H25NO5/c1-24-14-8-3-11(9-15(14)25-2)10-20-18(21)16-12-4-6-13(7-5-12)17(16)19(22)23/h3,8-9,12-13,16-17H,4-7,10H2,1-2H3,(H,20,21)(H,22,23)/t12?,13?,16-,17-/m0/s1. The zero-order chi connectivity index (χ0) is 18.0. The fraction of sp³-hybridized carbons (Fsp3) is 0.579. The van der Waals surface area contributed by atoms with Gasteiger partial charge in [0.15, 0.2) is 11.5 Å². The second kappa shape index (κ2) is 7.33. The Bertz CT molecular complexity index is 651. The highest BCUT2D eigenvalue weighted by atomic mass is 16.5. The van der Waals surface area contributed by atoms with E-state index >= 15 is 0 Å². The first kappa shape index (κ1) is 17.6. The number of fused-ring (bicyclic) bond motifs is 3. The van der Waals surface area contributed by atoms with E-state index in [4.69, 9.17) is 9.47 Å². The van der Waals surface area contributed by atoms with Crippen molar-refractivity contribution in [1.82, 2.24) is 5.32 Å². The van der Waals surface area contributed by atoms with Crippen molar-refractivity contribution in [2.24, 2.45) is 23.7 Å². The van der Waals surface area contributed by atoms with E-state index in [1.54, 1.807) is 20.3 Å². The van der Waals surface area contributed by atoms with Crippen LogP contribution in [0.2, 0.25) is 0 Å². The molecule has 4 rings (SSSR count). The van der Waals surface area contributed by atoms with Gasteiger partial charge >= 0.3 is 5.97 Å². The predicted octanol–water partition coefficient (Wildman–Crippen LogP) is 2.46. The molecule has 25 heavy (non-hydrogen) atoms. The van der Waals surface area contributed by atoms with E-state index in [0.717, 1.165) is 31.2 Å². The quantitative estimate of drug-likeness (QED) is 0.826. The fourth-order valence-corrected chi connectivity index (χ4v) is 4.48. The van der Waals surface area contributed by atoms with Crippen LogP contribution in [0, 0.1) is 23.7 Å². The van der Waals surface area contributed by atoms with Gasteiger partial charge in [-0.05, 0) is 55.2 Å². The number of carboxylic acid groups (broad SMARTS) is 1. The molecule has 0 radical (unpaired) electrons. The van der Waals surface area contributed by atoms with Crippen LogP contribution in [0.25, 0.3) is 0 Å². The molecule has 2 bridgehead atoms. The average molecular weight is 347 g/mol. The van der Waals surface area contributed by atoms with Crippen LogP contribution in [0.15, 0.2) is 18.2 Å². The lowest BCUT2D eigenvalue weighted by molar-refractivity contribution is -0.158. The Morgan fingerprint density at radius 2 is 1.64 bits per heavy atom. The van der Waals surface area contributed by atoms with Gasteiger partial charge in [-0.2, -0.15) is 0 Å². The molecule has 0 aliphatic heterocycles. The van der Waals surface area contributed by atoms with Crippen LogP contribution in [0.5, 0.6) is 11.5 Å². The van der Waals surface area contributed by atoms with Crippen LogP contribution in [0.4, 0.5) is 0 Å². The molecule has 3 aliphatic carbocycles. The summed E-state index contributed by atoms with van der Waals surface area (Å²) in [4.78, 5) is 24.4. The van der Waals surface area contributed by atoms with Crippen molar-refractivity contribution in [3.8, 4) is 11.5 Å². The molecule has 6 heteroatoms.